The van der Waals surface area contributed by atoms with Gasteiger partial charge in [0, 0.05) is 0 Å². The number of fused-ring (bicyclic) bond motifs is 7. The van der Waals surface area contributed by atoms with E-state index >= 15 is 0 Å². The van der Waals surface area contributed by atoms with Crippen LogP contribution in [0.1, 0.15) is 106 Å². The molecule has 0 aromatic rings. The highest BCUT2D eigenvalue weighted by Crippen LogP contribution is 2.76. The number of ether oxygens (including phenoxy) is 8. The van der Waals surface area contributed by atoms with Crippen LogP contribution in [0.4, 0.5) is 0 Å². The molecule has 4 aliphatic heterocycles. The SMILES string of the molecule is CC1CCC2(C(=O)OC3OC(CO)C(O)C(O)C3O)CCC3(C)C(=CCC4C5(C)CCC(OC6OCC(O)C(OC7OCC(O)C(O)C7O)C6OC6OC(CO)C(O)C(O)C6O)C(C)(C)C5CCC43C)C2C1C. The van der Waals surface area contributed by atoms with Crippen LogP contribution in [0, 0.1) is 56.7 Å². The Kier molecular flexibility index (Phi) is 15.8. The van der Waals surface area contributed by atoms with Gasteiger partial charge < -0.3 is 99.2 Å². The summed E-state index contributed by atoms with van der Waals surface area (Å²) in [5.74, 6) is 0.119. The van der Waals surface area contributed by atoms with Gasteiger partial charge in [-0.3, -0.25) is 4.79 Å². The minimum absolute atomic E-state index is 0.113. The number of rotatable bonds is 10. The molecule has 28 unspecified atom stereocenters. The summed E-state index contributed by atoms with van der Waals surface area (Å²) in [4.78, 5) is 14.8. The second-order valence-corrected chi connectivity index (χ2v) is 24.8. The van der Waals surface area contributed by atoms with Crippen molar-refractivity contribution in [1.82, 2.24) is 0 Å². The van der Waals surface area contributed by atoms with Crippen molar-refractivity contribution in [3.63, 3.8) is 0 Å². The molecule has 8 fully saturated rings. The van der Waals surface area contributed by atoms with Gasteiger partial charge in [0.15, 0.2) is 18.9 Å². The van der Waals surface area contributed by atoms with Crippen molar-refractivity contribution in [1.29, 1.82) is 0 Å². The Morgan fingerprint density at radius 2 is 1.19 bits per heavy atom. The van der Waals surface area contributed by atoms with Crippen LogP contribution in [0.15, 0.2) is 11.6 Å². The number of carbonyl (C=O) groups is 1. The van der Waals surface area contributed by atoms with E-state index in [1.165, 1.54) is 5.57 Å². The average molecular weight is 1050 g/mol. The molecule has 0 radical (unpaired) electrons. The van der Waals surface area contributed by atoms with E-state index in [9.17, 15) is 66.1 Å². The zero-order chi connectivity index (χ0) is 53.1. The van der Waals surface area contributed by atoms with Gasteiger partial charge in [0.05, 0.1) is 37.9 Å². The van der Waals surface area contributed by atoms with E-state index in [0.717, 1.165) is 38.5 Å². The lowest BCUT2D eigenvalue weighted by Crippen LogP contribution is -2.67. The zero-order valence-electron chi connectivity index (χ0n) is 43.2. The molecule has 9 rings (SSSR count). The third-order valence-corrected chi connectivity index (χ3v) is 21.0. The molecule has 9 aliphatic rings. The molecule has 418 valence electrons. The van der Waals surface area contributed by atoms with Gasteiger partial charge in [0.2, 0.25) is 6.29 Å². The largest absolute Gasteiger partial charge is 0.432 e. The van der Waals surface area contributed by atoms with Crippen LogP contribution in [0.2, 0.25) is 0 Å². The number of hydrogen-bond donors (Lipinski definition) is 12. The number of esters is 1. The van der Waals surface area contributed by atoms with E-state index in [2.05, 4.69) is 54.5 Å². The maximum Gasteiger partial charge on any atom is 0.315 e. The fraction of sp³-hybridized carbons (Fsp3) is 0.942. The van der Waals surface area contributed by atoms with Crippen LogP contribution in [-0.4, -0.2) is 210 Å². The molecule has 73 heavy (non-hydrogen) atoms. The normalized spacial score (nSPS) is 55.0. The lowest BCUT2D eigenvalue weighted by atomic mass is 9.33. The minimum Gasteiger partial charge on any atom is -0.432 e. The van der Waals surface area contributed by atoms with E-state index in [4.69, 9.17) is 37.9 Å². The molecule has 0 bridgehead atoms. The first-order valence-electron chi connectivity index (χ1n) is 26.8. The molecule has 28 atom stereocenters. The summed E-state index contributed by atoms with van der Waals surface area (Å²) in [5, 5.41) is 127. The lowest BCUT2D eigenvalue weighted by molar-refractivity contribution is -0.385. The molecule has 21 heteroatoms. The molecule has 0 aromatic heterocycles. The van der Waals surface area contributed by atoms with Gasteiger partial charge in [-0.15, -0.1) is 0 Å². The molecule has 5 aliphatic carbocycles. The first kappa shape index (κ1) is 56.2. The topological polar surface area (TPSA) is 334 Å². The van der Waals surface area contributed by atoms with Crippen LogP contribution in [-0.2, 0) is 42.7 Å². The molecular formula is C52H84O21. The van der Waals surface area contributed by atoms with Crippen LogP contribution >= 0.6 is 0 Å². The summed E-state index contributed by atoms with van der Waals surface area (Å²) in [6, 6.07) is 0. The van der Waals surface area contributed by atoms with Gasteiger partial charge in [-0.05, 0) is 109 Å². The summed E-state index contributed by atoms with van der Waals surface area (Å²) < 4.78 is 48.6. The molecule has 4 saturated heterocycles. The Bertz CT molecular complexity index is 1990. The van der Waals surface area contributed by atoms with Gasteiger partial charge in [-0.2, -0.15) is 0 Å². The number of aliphatic hydroxyl groups is 12. The summed E-state index contributed by atoms with van der Waals surface area (Å²) >= 11 is 0. The summed E-state index contributed by atoms with van der Waals surface area (Å²) in [6.07, 6.45) is -19.6. The molecule has 0 amide bonds. The molecule has 0 aromatic carbocycles. The van der Waals surface area contributed by atoms with Crippen LogP contribution in [0.5, 0.6) is 0 Å². The van der Waals surface area contributed by atoms with Crippen molar-refractivity contribution in [2.45, 2.75) is 223 Å². The molecule has 4 saturated carbocycles. The smallest absolute Gasteiger partial charge is 0.315 e. The predicted molar refractivity (Wildman–Crippen MR) is 251 cm³/mol. The highest BCUT2D eigenvalue weighted by Gasteiger charge is 2.70. The highest BCUT2D eigenvalue weighted by atomic mass is 16.8. The van der Waals surface area contributed by atoms with Crippen molar-refractivity contribution in [3.05, 3.63) is 11.6 Å². The van der Waals surface area contributed by atoms with E-state index in [1.807, 2.05) is 0 Å². The number of hydrogen-bond acceptors (Lipinski definition) is 21. The number of allylic oxidation sites excluding steroid dienone is 2. The van der Waals surface area contributed by atoms with E-state index in [-0.39, 0.29) is 46.5 Å². The van der Waals surface area contributed by atoms with Crippen molar-refractivity contribution in [3.8, 4) is 0 Å². The van der Waals surface area contributed by atoms with Gasteiger partial charge in [-0.25, -0.2) is 0 Å². The standard InChI is InChI=1S/C52H84O21/c1-22-10-15-52(47(65)73-45-40(64)37(61)35(59)28(19-54)69-45)17-16-50(6)24(32(52)23(22)2)8-9-30-49(5)13-12-31(48(3,4)29(49)11-14-51(30,50)7)70-46-42(72-44-39(63)36(60)34(58)27(18-53)68-44)41(26(56)21-67-46)71-43-38(62)33(57)25(55)20-66-43/h8,22-23,25-46,53-64H,9-21H2,1-7H3. The van der Waals surface area contributed by atoms with Crippen LogP contribution in [0.3, 0.4) is 0 Å². The van der Waals surface area contributed by atoms with Crippen molar-refractivity contribution in [2.24, 2.45) is 56.7 Å². The predicted octanol–water partition coefficient (Wildman–Crippen LogP) is -0.901. The number of aliphatic hydroxyl groups excluding tert-OH is 12. The van der Waals surface area contributed by atoms with Crippen LogP contribution in [0.25, 0.3) is 0 Å². The van der Waals surface area contributed by atoms with E-state index in [0.29, 0.717) is 25.2 Å². The third-order valence-electron chi connectivity index (χ3n) is 21.0. The quantitative estimate of drug-likeness (QED) is 0.0717. The van der Waals surface area contributed by atoms with Crippen molar-refractivity contribution in [2.75, 3.05) is 26.4 Å². The average Bonchev–Trinajstić information content (AvgIpc) is 3.35. The fourth-order valence-corrected chi connectivity index (χ4v) is 16.2. The van der Waals surface area contributed by atoms with Gasteiger partial charge in [0.25, 0.3) is 0 Å². The Balaban J connectivity index is 0.974. The molecule has 12 N–H and O–H groups in total. The first-order chi connectivity index (χ1) is 34.3. The molecular weight excluding hydrogens is 961 g/mol. The van der Waals surface area contributed by atoms with Crippen molar-refractivity contribution >= 4 is 5.97 Å². The lowest BCUT2D eigenvalue weighted by Gasteiger charge is -2.71. The monoisotopic (exact) mass is 1040 g/mol. The second kappa shape index (κ2) is 20.6. The third kappa shape index (κ3) is 9.01. The van der Waals surface area contributed by atoms with Gasteiger partial charge >= 0.3 is 5.97 Å². The molecule has 21 nitrogen and oxygen atoms in total. The maximum atomic E-state index is 14.8. The molecule has 0 spiro atoms. The minimum atomic E-state index is -1.84. The summed E-state index contributed by atoms with van der Waals surface area (Å²) in [5.41, 5.74) is -0.825. The Morgan fingerprint density at radius 3 is 1.85 bits per heavy atom. The van der Waals surface area contributed by atoms with Gasteiger partial charge in [-0.1, -0.05) is 60.1 Å². The number of carbonyl (C=O) groups excluding carboxylic acids is 1. The molecule has 4 heterocycles. The van der Waals surface area contributed by atoms with Crippen LogP contribution < -0.4 is 0 Å². The zero-order valence-corrected chi connectivity index (χ0v) is 43.2. The first-order valence-corrected chi connectivity index (χ1v) is 26.8. The van der Waals surface area contributed by atoms with Gasteiger partial charge in [0.1, 0.15) is 85.5 Å². The van der Waals surface area contributed by atoms with E-state index < -0.39 is 153 Å². The van der Waals surface area contributed by atoms with E-state index in [1.54, 1.807) is 0 Å². The Labute approximate surface area is 426 Å². The Hall–Kier alpha value is -1.55. The Morgan fingerprint density at radius 1 is 0.603 bits per heavy atom. The summed E-state index contributed by atoms with van der Waals surface area (Å²) in [6.45, 7) is 14.0. The van der Waals surface area contributed by atoms with Crippen molar-refractivity contribution < 1.29 is 104 Å². The maximum absolute atomic E-state index is 14.8. The summed E-state index contributed by atoms with van der Waals surface area (Å²) in [7, 11) is 0. The highest BCUT2D eigenvalue weighted by molar-refractivity contribution is 5.79. The second-order valence-electron chi connectivity index (χ2n) is 24.8. The fourth-order valence-electron chi connectivity index (χ4n) is 16.2.